The van der Waals surface area contributed by atoms with E-state index in [2.05, 4.69) is 11.9 Å². The van der Waals surface area contributed by atoms with Gasteiger partial charge in [0.25, 0.3) is 5.91 Å². The van der Waals surface area contributed by atoms with E-state index in [1.165, 1.54) is 0 Å². The normalized spacial score (nSPS) is 17.9. The van der Waals surface area contributed by atoms with Crippen molar-refractivity contribution in [3.8, 4) is 0 Å². The Labute approximate surface area is 130 Å². The Balaban J connectivity index is 1.76. The maximum atomic E-state index is 12.7. The maximum absolute atomic E-state index is 12.7. The highest BCUT2D eigenvalue weighted by atomic mass is 16.3. The van der Waals surface area contributed by atoms with Gasteiger partial charge in [-0.3, -0.25) is 4.79 Å². The molecule has 2 aromatic rings. The van der Waals surface area contributed by atoms with E-state index in [9.17, 15) is 9.90 Å². The van der Waals surface area contributed by atoms with Crippen molar-refractivity contribution >= 4 is 16.9 Å². The molecule has 1 amide bonds. The molecule has 1 fully saturated rings. The molecule has 0 radical (unpaired) electrons. The Morgan fingerprint density at radius 3 is 2.73 bits per heavy atom. The van der Waals surface area contributed by atoms with E-state index in [1.807, 2.05) is 34.7 Å². The molecule has 5 nitrogen and oxygen atoms in total. The van der Waals surface area contributed by atoms with Crippen molar-refractivity contribution in [2.24, 2.45) is 12.5 Å². The van der Waals surface area contributed by atoms with Crippen LogP contribution < -0.4 is 0 Å². The Hall–Kier alpha value is -1.88. The minimum absolute atomic E-state index is 0.00171. The summed E-state index contributed by atoms with van der Waals surface area (Å²) in [6.45, 7) is 3.76. The third-order valence-corrected chi connectivity index (χ3v) is 5.17. The van der Waals surface area contributed by atoms with Crippen LogP contribution in [0.2, 0.25) is 0 Å². The summed E-state index contributed by atoms with van der Waals surface area (Å²) >= 11 is 0. The average molecular weight is 301 g/mol. The van der Waals surface area contributed by atoms with Gasteiger partial charge in [0, 0.05) is 32.3 Å². The maximum Gasteiger partial charge on any atom is 0.253 e. The number of carbonyl (C=O) groups is 1. The van der Waals surface area contributed by atoms with Gasteiger partial charge in [0.15, 0.2) is 0 Å². The Bertz CT molecular complexity index is 678. The second kappa shape index (κ2) is 5.72. The van der Waals surface area contributed by atoms with Gasteiger partial charge in [-0.05, 0) is 42.9 Å². The van der Waals surface area contributed by atoms with E-state index in [1.54, 1.807) is 6.33 Å². The Morgan fingerprint density at radius 2 is 2.09 bits per heavy atom. The van der Waals surface area contributed by atoms with Crippen LogP contribution in [0.25, 0.3) is 11.0 Å². The summed E-state index contributed by atoms with van der Waals surface area (Å²) in [6.07, 6.45) is 4.47. The van der Waals surface area contributed by atoms with Crippen molar-refractivity contribution in [2.75, 3.05) is 19.7 Å². The molecule has 118 valence electrons. The summed E-state index contributed by atoms with van der Waals surface area (Å²) in [5, 5.41) is 9.59. The first-order valence-electron chi connectivity index (χ1n) is 7.90. The standard InChI is InChI=1S/C17H23N3O2/c1-3-17(11-21)6-8-20(9-7-17)16(22)13-4-5-15-14(10-13)18-12-19(15)2/h4-5,10,12,21H,3,6-9,11H2,1-2H3. The molecule has 1 N–H and O–H groups in total. The molecular formula is C17H23N3O2. The van der Waals surface area contributed by atoms with Gasteiger partial charge < -0.3 is 14.6 Å². The summed E-state index contributed by atoms with van der Waals surface area (Å²) in [5.74, 6) is 0.0650. The molecule has 1 saturated heterocycles. The number of hydrogen-bond acceptors (Lipinski definition) is 3. The number of piperidine rings is 1. The van der Waals surface area contributed by atoms with Gasteiger partial charge in [0.2, 0.25) is 0 Å². The highest BCUT2D eigenvalue weighted by molar-refractivity contribution is 5.97. The summed E-state index contributed by atoms with van der Waals surface area (Å²) in [7, 11) is 1.95. The first-order valence-corrected chi connectivity index (χ1v) is 7.90. The SMILES string of the molecule is CCC1(CO)CCN(C(=O)c2ccc3c(c2)ncn3C)CC1. The number of aryl methyl sites for hydroxylation is 1. The lowest BCUT2D eigenvalue weighted by atomic mass is 9.77. The number of likely N-dealkylation sites (tertiary alicyclic amines) is 1. The fourth-order valence-electron chi connectivity index (χ4n) is 3.26. The van der Waals surface area contributed by atoms with E-state index < -0.39 is 0 Å². The Morgan fingerprint density at radius 1 is 1.36 bits per heavy atom. The number of aliphatic hydroxyl groups is 1. The lowest BCUT2D eigenvalue weighted by molar-refractivity contribution is 0.0338. The molecule has 1 aliphatic heterocycles. The molecule has 5 heteroatoms. The van der Waals surface area contributed by atoms with Crippen LogP contribution in [-0.4, -0.2) is 45.2 Å². The van der Waals surface area contributed by atoms with Crippen LogP contribution in [0.3, 0.4) is 0 Å². The molecular weight excluding hydrogens is 278 g/mol. The molecule has 2 heterocycles. The van der Waals surface area contributed by atoms with Gasteiger partial charge in [0.05, 0.1) is 17.4 Å². The number of nitrogens with zero attached hydrogens (tertiary/aromatic N) is 3. The minimum Gasteiger partial charge on any atom is -0.396 e. The van der Waals surface area contributed by atoms with Crippen molar-refractivity contribution < 1.29 is 9.90 Å². The molecule has 22 heavy (non-hydrogen) atoms. The minimum atomic E-state index is 0.00171. The van der Waals surface area contributed by atoms with Crippen molar-refractivity contribution in [3.63, 3.8) is 0 Å². The molecule has 1 aromatic carbocycles. The van der Waals surface area contributed by atoms with Crippen LogP contribution in [0.15, 0.2) is 24.5 Å². The number of amides is 1. The second-order valence-electron chi connectivity index (χ2n) is 6.36. The molecule has 0 spiro atoms. The largest absolute Gasteiger partial charge is 0.396 e. The number of hydrogen-bond donors (Lipinski definition) is 1. The molecule has 0 atom stereocenters. The van der Waals surface area contributed by atoms with E-state index in [0.717, 1.165) is 30.3 Å². The second-order valence-corrected chi connectivity index (χ2v) is 6.36. The predicted octanol–water partition coefficient (Wildman–Crippen LogP) is 2.20. The summed E-state index contributed by atoms with van der Waals surface area (Å²) in [5.41, 5.74) is 2.57. The van der Waals surface area contributed by atoms with Gasteiger partial charge in [-0.2, -0.15) is 0 Å². The van der Waals surface area contributed by atoms with Crippen molar-refractivity contribution in [3.05, 3.63) is 30.1 Å². The smallest absolute Gasteiger partial charge is 0.253 e. The molecule has 0 aliphatic carbocycles. The first kappa shape index (κ1) is 15.0. The lowest BCUT2D eigenvalue weighted by Gasteiger charge is -2.40. The summed E-state index contributed by atoms with van der Waals surface area (Å²) < 4.78 is 1.95. The zero-order valence-electron chi connectivity index (χ0n) is 13.2. The highest BCUT2D eigenvalue weighted by Crippen LogP contribution is 2.34. The van der Waals surface area contributed by atoms with Gasteiger partial charge >= 0.3 is 0 Å². The number of fused-ring (bicyclic) bond motifs is 1. The van der Waals surface area contributed by atoms with Crippen molar-refractivity contribution in [1.82, 2.24) is 14.5 Å². The van der Waals surface area contributed by atoms with Crippen molar-refractivity contribution in [2.45, 2.75) is 26.2 Å². The topological polar surface area (TPSA) is 58.4 Å². The van der Waals surface area contributed by atoms with Crippen LogP contribution in [0.5, 0.6) is 0 Å². The first-order chi connectivity index (χ1) is 10.6. The van der Waals surface area contributed by atoms with E-state index in [4.69, 9.17) is 0 Å². The third-order valence-electron chi connectivity index (χ3n) is 5.17. The Kier molecular flexibility index (Phi) is 3.91. The predicted molar refractivity (Wildman–Crippen MR) is 85.7 cm³/mol. The van der Waals surface area contributed by atoms with Gasteiger partial charge in [0.1, 0.15) is 0 Å². The summed E-state index contributed by atoms with van der Waals surface area (Å²) in [6, 6.07) is 5.69. The molecule has 0 unspecified atom stereocenters. The average Bonchev–Trinajstić information content (AvgIpc) is 2.95. The monoisotopic (exact) mass is 301 g/mol. The van der Waals surface area contributed by atoms with E-state index >= 15 is 0 Å². The fraction of sp³-hybridized carbons (Fsp3) is 0.529. The molecule has 3 rings (SSSR count). The highest BCUT2D eigenvalue weighted by Gasteiger charge is 2.34. The summed E-state index contributed by atoms with van der Waals surface area (Å²) in [4.78, 5) is 18.9. The molecule has 1 aliphatic rings. The van der Waals surface area contributed by atoms with Crippen LogP contribution in [0, 0.1) is 5.41 Å². The number of carbonyl (C=O) groups excluding carboxylic acids is 1. The number of rotatable bonds is 3. The quantitative estimate of drug-likeness (QED) is 0.945. The van der Waals surface area contributed by atoms with Crippen LogP contribution in [0.1, 0.15) is 36.5 Å². The number of benzene rings is 1. The molecule has 1 aromatic heterocycles. The van der Waals surface area contributed by atoms with Gasteiger partial charge in [-0.25, -0.2) is 4.98 Å². The number of imidazole rings is 1. The van der Waals surface area contributed by atoms with Crippen molar-refractivity contribution in [1.29, 1.82) is 0 Å². The van der Waals surface area contributed by atoms with Gasteiger partial charge in [-0.1, -0.05) is 6.92 Å². The fourth-order valence-corrected chi connectivity index (χ4v) is 3.26. The number of aliphatic hydroxyl groups excluding tert-OH is 1. The zero-order chi connectivity index (χ0) is 15.7. The van der Waals surface area contributed by atoms with Crippen LogP contribution >= 0.6 is 0 Å². The van der Waals surface area contributed by atoms with Gasteiger partial charge in [-0.15, -0.1) is 0 Å². The van der Waals surface area contributed by atoms with Crippen LogP contribution in [0.4, 0.5) is 0 Å². The van der Waals surface area contributed by atoms with E-state index in [0.29, 0.717) is 18.7 Å². The third kappa shape index (κ3) is 2.50. The van der Waals surface area contributed by atoms with Crippen LogP contribution in [-0.2, 0) is 7.05 Å². The number of aromatic nitrogens is 2. The lowest BCUT2D eigenvalue weighted by Crippen LogP contribution is -2.44. The molecule has 0 saturated carbocycles. The molecule has 0 bridgehead atoms. The van der Waals surface area contributed by atoms with E-state index in [-0.39, 0.29) is 17.9 Å². The zero-order valence-corrected chi connectivity index (χ0v) is 13.2.